The third-order valence-corrected chi connectivity index (χ3v) is 16.9. The monoisotopic (exact) mass is 932 g/mol. The molecule has 13 rings (SSSR count). The van der Waals surface area contributed by atoms with E-state index in [0.717, 1.165) is 6.42 Å². The molecule has 0 fully saturated rings. The van der Waals surface area contributed by atoms with Gasteiger partial charge in [0.2, 0.25) is 0 Å². The van der Waals surface area contributed by atoms with Gasteiger partial charge in [-0.3, -0.25) is 0 Å². The fraction of sp³-hybridized carbons (Fsp3) is 0.164. The van der Waals surface area contributed by atoms with Crippen molar-refractivity contribution in [3.05, 3.63) is 210 Å². The van der Waals surface area contributed by atoms with Gasteiger partial charge in [0.05, 0.1) is 11.4 Å². The van der Waals surface area contributed by atoms with Crippen LogP contribution in [0.3, 0.4) is 0 Å². The first-order valence-corrected chi connectivity index (χ1v) is 26.2. The molecule has 10 aromatic carbocycles. The molecule has 11 aromatic rings. The van der Waals surface area contributed by atoms with Crippen LogP contribution < -0.4 is 25.5 Å². The Kier molecular flexibility index (Phi) is 9.87. The van der Waals surface area contributed by atoms with Gasteiger partial charge in [0.1, 0.15) is 0 Å². The predicted octanol–water partition coefficient (Wildman–Crippen LogP) is 17.2. The molecule has 2 aliphatic heterocycles. The summed E-state index contributed by atoms with van der Waals surface area (Å²) in [6.45, 7) is 18.6. The van der Waals surface area contributed by atoms with Gasteiger partial charge in [-0.2, -0.15) is 0 Å². The molecule has 344 valence electrons. The molecule has 0 bridgehead atoms. The Morgan fingerprint density at radius 1 is 0.451 bits per heavy atom. The highest BCUT2D eigenvalue weighted by molar-refractivity contribution is 7.33. The van der Waals surface area contributed by atoms with E-state index in [-0.39, 0.29) is 17.5 Å². The molecular formula is C67H57BN2S. The number of anilines is 6. The maximum absolute atomic E-state index is 2.63. The van der Waals surface area contributed by atoms with Gasteiger partial charge < -0.3 is 9.80 Å². The van der Waals surface area contributed by atoms with Crippen LogP contribution in [-0.4, -0.2) is 6.71 Å². The van der Waals surface area contributed by atoms with Crippen molar-refractivity contribution in [1.82, 2.24) is 0 Å². The third kappa shape index (κ3) is 6.82. The molecule has 0 atom stereocenters. The quantitative estimate of drug-likeness (QED) is 0.125. The number of benzene rings is 10. The molecule has 0 spiro atoms. The van der Waals surface area contributed by atoms with Crippen molar-refractivity contribution in [3.8, 4) is 22.3 Å². The van der Waals surface area contributed by atoms with Crippen LogP contribution in [0.2, 0.25) is 0 Å². The lowest BCUT2D eigenvalue weighted by Gasteiger charge is -2.44. The summed E-state index contributed by atoms with van der Waals surface area (Å²) in [6.07, 6.45) is 1.00. The molecule has 0 unspecified atom stereocenters. The predicted molar refractivity (Wildman–Crippen MR) is 311 cm³/mol. The summed E-state index contributed by atoms with van der Waals surface area (Å²) in [7, 11) is 0. The summed E-state index contributed by atoms with van der Waals surface area (Å²) in [6, 6.07) is 72.1. The van der Waals surface area contributed by atoms with Crippen LogP contribution in [0.15, 0.2) is 188 Å². The van der Waals surface area contributed by atoms with Gasteiger partial charge in [-0.1, -0.05) is 176 Å². The molecule has 71 heavy (non-hydrogen) atoms. The number of aryl methyl sites for hydroxylation is 2. The second kappa shape index (κ2) is 16.1. The van der Waals surface area contributed by atoms with E-state index in [1.807, 2.05) is 11.3 Å². The second-order valence-corrected chi connectivity index (χ2v) is 23.1. The molecule has 1 aromatic heterocycles. The summed E-state index contributed by atoms with van der Waals surface area (Å²) < 4.78 is 2.72. The maximum atomic E-state index is 2.63. The molecule has 2 aliphatic rings. The summed E-state index contributed by atoms with van der Waals surface area (Å²) in [5.41, 5.74) is 20.2. The molecule has 3 heterocycles. The number of fused-ring (bicyclic) bond motifs is 12. The highest BCUT2D eigenvalue weighted by Gasteiger charge is 2.46. The summed E-state index contributed by atoms with van der Waals surface area (Å²) in [4.78, 5) is 5.24. The summed E-state index contributed by atoms with van der Waals surface area (Å²) in [5.74, 6) is 0. The van der Waals surface area contributed by atoms with Crippen molar-refractivity contribution in [2.75, 3.05) is 9.80 Å². The Morgan fingerprint density at radius 2 is 1.06 bits per heavy atom. The zero-order chi connectivity index (χ0) is 48.5. The maximum Gasteiger partial charge on any atom is 0.264 e. The first-order chi connectivity index (χ1) is 34.4. The van der Waals surface area contributed by atoms with Crippen LogP contribution in [0.5, 0.6) is 0 Å². The van der Waals surface area contributed by atoms with Gasteiger partial charge in [-0.05, 0) is 167 Å². The van der Waals surface area contributed by atoms with Crippen LogP contribution in [0, 0.1) is 6.92 Å². The average Bonchev–Trinajstić information content (AvgIpc) is 3.77. The van der Waals surface area contributed by atoms with Crippen LogP contribution >= 0.6 is 11.3 Å². The molecule has 0 amide bonds. The number of hydrogen-bond acceptors (Lipinski definition) is 3. The minimum Gasteiger partial charge on any atom is -0.311 e. The van der Waals surface area contributed by atoms with E-state index in [1.165, 1.54) is 137 Å². The van der Waals surface area contributed by atoms with Crippen molar-refractivity contribution in [1.29, 1.82) is 0 Å². The Bertz CT molecular complexity index is 3930. The third-order valence-electron chi connectivity index (χ3n) is 15.6. The second-order valence-electron chi connectivity index (χ2n) is 22.0. The Balaban J connectivity index is 1.13. The van der Waals surface area contributed by atoms with E-state index < -0.39 is 0 Å². The van der Waals surface area contributed by atoms with E-state index in [1.54, 1.807) is 0 Å². The van der Waals surface area contributed by atoms with Crippen molar-refractivity contribution in [2.45, 2.75) is 72.6 Å². The zero-order valence-electron chi connectivity index (χ0n) is 42.0. The topological polar surface area (TPSA) is 6.48 Å². The Hall–Kier alpha value is -7.40. The number of thiophene rings is 1. The molecule has 4 heteroatoms. The first kappa shape index (κ1) is 43.6. The molecule has 0 radical (unpaired) electrons. The van der Waals surface area contributed by atoms with Crippen molar-refractivity contribution in [3.63, 3.8) is 0 Å². The van der Waals surface area contributed by atoms with E-state index in [4.69, 9.17) is 0 Å². The summed E-state index contributed by atoms with van der Waals surface area (Å²) >= 11 is 1.98. The fourth-order valence-corrected chi connectivity index (χ4v) is 13.2. The molecular weight excluding hydrogens is 876 g/mol. The fourth-order valence-electron chi connectivity index (χ4n) is 11.9. The van der Waals surface area contributed by atoms with Crippen LogP contribution in [0.25, 0.3) is 64.7 Å². The van der Waals surface area contributed by atoms with E-state index in [9.17, 15) is 0 Å². The molecule has 0 aliphatic carbocycles. The summed E-state index contributed by atoms with van der Waals surface area (Å²) in [5, 5.41) is 9.04. The lowest BCUT2D eigenvalue weighted by molar-refractivity contribution is 0.590. The molecule has 2 nitrogen and oxygen atoms in total. The van der Waals surface area contributed by atoms with Gasteiger partial charge >= 0.3 is 0 Å². The van der Waals surface area contributed by atoms with Crippen LogP contribution in [0.4, 0.5) is 34.1 Å². The number of rotatable bonds is 5. The number of hydrogen-bond donors (Lipinski definition) is 0. The molecule has 0 saturated heterocycles. The van der Waals surface area contributed by atoms with Crippen LogP contribution in [0.1, 0.15) is 70.7 Å². The standard InChI is InChI=1S/C67H57BN2S/c1-9-42-26-31-47(32-27-42)69-59-24-17-25-60-63(59)68(65-64(69)56-39-46(67(6,7)8)30-35-62(56)71-65)57-36-41(2)53(43-18-11-10-12-19-43)40-61(57)70(60)58-34-29-45(66(3,4)5)38-54(58)44-28-33-52-50-22-14-13-20-48(50)49-21-15-16-23-51(49)55(52)37-44/h10-40H,9H2,1-8H3. The Labute approximate surface area is 422 Å². The van der Waals surface area contributed by atoms with Gasteiger partial charge in [-0.25, -0.2) is 0 Å². The van der Waals surface area contributed by atoms with E-state index in [0.29, 0.717) is 0 Å². The average molecular weight is 933 g/mol. The van der Waals surface area contributed by atoms with E-state index >= 15 is 0 Å². The molecule has 0 saturated carbocycles. The minimum absolute atomic E-state index is 0.00538. The SMILES string of the molecule is CCc1ccc(N2c3cccc4c3B(c3cc(C)c(-c5ccccc5)cc3N4c3ccc(C(C)(C)C)cc3-c3ccc4c5ccccc5c5ccccc5c4c3)c3sc4ccc(C(C)(C)C)cc4c32)cc1. The zero-order valence-corrected chi connectivity index (χ0v) is 42.8. The minimum atomic E-state index is -0.0698. The van der Waals surface area contributed by atoms with E-state index in [2.05, 4.69) is 253 Å². The van der Waals surface area contributed by atoms with Gasteiger partial charge in [0.25, 0.3) is 6.71 Å². The highest BCUT2D eigenvalue weighted by atomic mass is 32.1. The smallest absolute Gasteiger partial charge is 0.264 e. The lowest BCUT2D eigenvalue weighted by atomic mass is 9.36. The van der Waals surface area contributed by atoms with Crippen molar-refractivity contribution < 1.29 is 0 Å². The highest BCUT2D eigenvalue weighted by Crippen LogP contribution is 2.51. The van der Waals surface area contributed by atoms with Gasteiger partial charge in [0.15, 0.2) is 0 Å². The lowest BCUT2D eigenvalue weighted by Crippen LogP contribution is -2.60. The number of nitrogens with zero attached hydrogens (tertiary/aromatic N) is 2. The molecule has 0 N–H and O–H groups in total. The first-order valence-electron chi connectivity index (χ1n) is 25.4. The normalized spacial score (nSPS) is 13.3. The van der Waals surface area contributed by atoms with Crippen molar-refractivity contribution in [2.24, 2.45) is 0 Å². The largest absolute Gasteiger partial charge is 0.311 e. The van der Waals surface area contributed by atoms with Gasteiger partial charge in [0, 0.05) is 43.2 Å². The Morgan fingerprint density at radius 3 is 1.72 bits per heavy atom. The van der Waals surface area contributed by atoms with Crippen molar-refractivity contribution >= 4 is 110 Å². The van der Waals surface area contributed by atoms with Gasteiger partial charge in [-0.15, -0.1) is 11.3 Å². The van der Waals surface area contributed by atoms with Crippen LogP contribution in [-0.2, 0) is 17.3 Å².